The van der Waals surface area contributed by atoms with Crippen LogP contribution < -0.4 is 5.73 Å². The van der Waals surface area contributed by atoms with E-state index in [0.717, 1.165) is 44.3 Å². The Morgan fingerprint density at radius 1 is 1.30 bits per heavy atom. The van der Waals surface area contributed by atoms with Crippen LogP contribution in [0.5, 0.6) is 0 Å². The molecule has 1 aliphatic heterocycles. The average Bonchev–Trinajstić information content (AvgIpc) is 2.40. The van der Waals surface area contributed by atoms with E-state index in [0.29, 0.717) is 0 Å². The SMILES string of the molecule is CCCN1CCCCC1(C(N)=O)c1c(C)cccc1C. The van der Waals surface area contributed by atoms with Crippen LogP contribution >= 0.6 is 0 Å². The predicted molar refractivity (Wildman–Crippen MR) is 82.5 cm³/mol. The highest BCUT2D eigenvalue weighted by molar-refractivity contribution is 5.87. The fourth-order valence-electron chi connectivity index (χ4n) is 3.76. The molecule has 0 aliphatic carbocycles. The largest absolute Gasteiger partial charge is 0.368 e. The van der Waals surface area contributed by atoms with Gasteiger partial charge in [0.05, 0.1) is 0 Å². The molecular formula is C17H26N2O. The summed E-state index contributed by atoms with van der Waals surface area (Å²) in [4.78, 5) is 14.8. The molecule has 1 aromatic carbocycles. The quantitative estimate of drug-likeness (QED) is 0.917. The number of primary amides is 1. The lowest BCUT2D eigenvalue weighted by Gasteiger charge is -2.46. The maximum atomic E-state index is 12.4. The van der Waals surface area contributed by atoms with Crippen molar-refractivity contribution in [2.45, 2.75) is 52.0 Å². The molecule has 1 amide bonds. The predicted octanol–water partition coefficient (Wildman–Crippen LogP) is 2.88. The molecule has 0 bridgehead atoms. The first kappa shape index (κ1) is 15.0. The topological polar surface area (TPSA) is 46.3 Å². The smallest absolute Gasteiger partial charge is 0.242 e. The Kier molecular flexibility index (Phi) is 4.48. The van der Waals surface area contributed by atoms with Gasteiger partial charge in [-0.05, 0) is 69.3 Å². The summed E-state index contributed by atoms with van der Waals surface area (Å²) in [6.45, 7) is 8.23. The first-order chi connectivity index (χ1) is 9.54. The zero-order valence-electron chi connectivity index (χ0n) is 12.9. The number of nitrogens with two attached hydrogens (primary N) is 1. The van der Waals surface area contributed by atoms with Gasteiger partial charge in [0.1, 0.15) is 5.54 Å². The summed E-state index contributed by atoms with van der Waals surface area (Å²) in [6.07, 6.45) is 4.10. The van der Waals surface area contributed by atoms with Crippen molar-refractivity contribution in [3.8, 4) is 0 Å². The Labute approximate surface area is 122 Å². The van der Waals surface area contributed by atoms with Crippen molar-refractivity contribution in [3.05, 3.63) is 34.9 Å². The summed E-state index contributed by atoms with van der Waals surface area (Å²) in [5.41, 5.74) is 8.79. The molecule has 2 N–H and O–H groups in total. The minimum absolute atomic E-state index is 0.192. The van der Waals surface area contributed by atoms with Crippen LogP contribution in [0.15, 0.2) is 18.2 Å². The van der Waals surface area contributed by atoms with Gasteiger partial charge in [0.15, 0.2) is 0 Å². The lowest BCUT2D eigenvalue weighted by atomic mass is 9.75. The van der Waals surface area contributed by atoms with Crippen LogP contribution in [0, 0.1) is 13.8 Å². The summed E-state index contributed by atoms with van der Waals surface area (Å²) in [6, 6.07) is 6.23. The molecule has 3 nitrogen and oxygen atoms in total. The highest BCUT2D eigenvalue weighted by Crippen LogP contribution is 2.40. The molecule has 0 radical (unpaired) electrons. The summed E-state index contributed by atoms with van der Waals surface area (Å²) in [7, 11) is 0. The minimum Gasteiger partial charge on any atom is -0.368 e. The van der Waals surface area contributed by atoms with Crippen molar-refractivity contribution in [2.75, 3.05) is 13.1 Å². The molecule has 110 valence electrons. The summed E-state index contributed by atoms with van der Waals surface area (Å²) >= 11 is 0. The molecule has 1 aromatic rings. The number of nitrogens with zero attached hydrogens (tertiary/aromatic N) is 1. The standard InChI is InChI=1S/C17H26N2O/c1-4-11-19-12-6-5-10-17(19,16(18)20)15-13(2)8-7-9-14(15)3/h7-9H,4-6,10-12H2,1-3H3,(H2,18,20). The molecule has 20 heavy (non-hydrogen) atoms. The number of carbonyl (C=O) groups excluding carboxylic acids is 1. The van der Waals surface area contributed by atoms with Crippen LogP contribution in [0.3, 0.4) is 0 Å². The van der Waals surface area contributed by atoms with Crippen LogP contribution in [-0.2, 0) is 10.3 Å². The fourth-order valence-corrected chi connectivity index (χ4v) is 3.76. The van der Waals surface area contributed by atoms with Crippen molar-refractivity contribution in [1.29, 1.82) is 0 Å². The number of hydrogen-bond acceptors (Lipinski definition) is 2. The molecule has 1 fully saturated rings. The number of likely N-dealkylation sites (tertiary alicyclic amines) is 1. The first-order valence-corrected chi connectivity index (χ1v) is 7.65. The highest BCUT2D eigenvalue weighted by Gasteiger charge is 2.46. The summed E-state index contributed by atoms with van der Waals surface area (Å²) < 4.78 is 0. The molecule has 1 aliphatic rings. The first-order valence-electron chi connectivity index (χ1n) is 7.65. The van der Waals surface area contributed by atoms with Gasteiger partial charge in [-0.3, -0.25) is 9.69 Å². The van der Waals surface area contributed by atoms with Crippen LogP contribution in [-0.4, -0.2) is 23.9 Å². The second-order valence-electron chi connectivity index (χ2n) is 5.94. The Balaban J connectivity index is 2.61. The van der Waals surface area contributed by atoms with E-state index in [1.54, 1.807) is 0 Å². The van der Waals surface area contributed by atoms with E-state index in [9.17, 15) is 4.79 Å². The zero-order valence-corrected chi connectivity index (χ0v) is 12.9. The summed E-state index contributed by atoms with van der Waals surface area (Å²) in [5.74, 6) is -0.192. The summed E-state index contributed by atoms with van der Waals surface area (Å²) in [5, 5.41) is 0. The zero-order chi connectivity index (χ0) is 14.8. The Bertz CT molecular complexity index is 476. The van der Waals surface area contributed by atoms with Crippen molar-refractivity contribution in [1.82, 2.24) is 4.90 Å². The molecule has 1 saturated heterocycles. The number of carbonyl (C=O) groups is 1. The van der Waals surface area contributed by atoms with Gasteiger partial charge in [-0.25, -0.2) is 0 Å². The molecule has 1 unspecified atom stereocenters. The Hall–Kier alpha value is -1.35. The van der Waals surface area contributed by atoms with E-state index in [-0.39, 0.29) is 5.91 Å². The Morgan fingerprint density at radius 2 is 1.95 bits per heavy atom. The van der Waals surface area contributed by atoms with E-state index in [4.69, 9.17) is 5.73 Å². The van der Waals surface area contributed by atoms with E-state index < -0.39 is 5.54 Å². The molecule has 2 rings (SSSR count). The van der Waals surface area contributed by atoms with Gasteiger partial charge in [-0.1, -0.05) is 25.1 Å². The van der Waals surface area contributed by atoms with E-state index in [1.165, 1.54) is 11.1 Å². The number of rotatable bonds is 4. The third kappa shape index (κ3) is 2.35. The molecule has 1 heterocycles. The van der Waals surface area contributed by atoms with Gasteiger partial charge in [0, 0.05) is 0 Å². The second kappa shape index (κ2) is 5.96. The van der Waals surface area contributed by atoms with E-state index in [2.05, 4.69) is 43.9 Å². The molecule has 0 saturated carbocycles. The average molecular weight is 274 g/mol. The maximum absolute atomic E-state index is 12.4. The van der Waals surface area contributed by atoms with Crippen molar-refractivity contribution < 1.29 is 4.79 Å². The number of benzene rings is 1. The van der Waals surface area contributed by atoms with Crippen LogP contribution in [0.4, 0.5) is 0 Å². The normalized spacial score (nSPS) is 23.8. The van der Waals surface area contributed by atoms with Crippen LogP contribution in [0.1, 0.15) is 49.3 Å². The number of amides is 1. The maximum Gasteiger partial charge on any atom is 0.242 e. The van der Waals surface area contributed by atoms with Gasteiger partial charge >= 0.3 is 0 Å². The van der Waals surface area contributed by atoms with Gasteiger partial charge in [0.2, 0.25) is 5.91 Å². The van der Waals surface area contributed by atoms with Crippen molar-refractivity contribution in [3.63, 3.8) is 0 Å². The van der Waals surface area contributed by atoms with Gasteiger partial charge in [-0.2, -0.15) is 0 Å². The van der Waals surface area contributed by atoms with E-state index in [1.807, 2.05) is 0 Å². The molecule has 0 aromatic heterocycles. The van der Waals surface area contributed by atoms with Gasteiger partial charge < -0.3 is 5.73 Å². The van der Waals surface area contributed by atoms with E-state index >= 15 is 0 Å². The van der Waals surface area contributed by atoms with Crippen LogP contribution in [0.2, 0.25) is 0 Å². The molecule has 1 atom stereocenters. The molecule has 0 spiro atoms. The van der Waals surface area contributed by atoms with Gasteiger partial charge in [-0.15, -0.1) is 0 Å². The highest BCUT2D eigenvalue weighted by atomic mass is 16.1. The fraction of sp³-hybridized carbons (Fsp3) is 0.588. The van der Waals surface area contributed by atoms with Crippen molar-refractivity contribution >= 4 is 5.91 Å². The minimum atomic E-state index is -0.607. The molecular weight excluding hydrogens is 248 g/mol. The molecule has 3 heteroatoms. The Morgan fingerprint density at radius 3 is 2.50 bits per heavy atom. The third-order valence-electron chi connectivity index (χ3n) is 4.55. The third-order valence-corrected chi connectivity index (χ3v) is 4.55. The number of piperidine rings is 1. The second-order valence-corrected chi connectivity index (χ2v) is 5.94. The van der Waals surface area contributed by atoms with Crippen molar-refractivity contribution in [2.24, 2.45) is 5.73 Å². The lowest BCUT2D eigenvalue weighted by molar-refractivity contribution is -0.133. The van der Waals surface area contributed by atoms with Crippen LogP contribution in [0.25, 0.3) is 0 Å². The monoisotopic (exact) mass is 274 g/mol. The lowest BCUT2D eigenvalue weighted by Crippen LogP contribution is -2.58. The number of hydrogen-bond donors (Lipinski definition) is 1. The van der Waals surface area contributed by atoms with Gasteiger partial charge in [0.25, 0.3) is 0 Å². The number of aryl methyl sites for hydroxylation is 2.